The molecule has 1 atom stereocenters. The number of aliphatic hydroxyl groups excluding tert-OH is 1. The number of hydrogen-bond acceptors (Lipinski definition) is 3. The Balaban J connectivity index is 1.72. The average Bonchev–Trinajstić information content (AvgIpc) is 2.87. The van der Waals surface area contributed by atoms with Crippen LogP contribution in [0, 0.1) is 5.82 Å². The van der Waals surface area contributed by atoms with Gasteiger partial charge in [0.25, 0.3) is 0 Å². The van der Waals surface area contributed by atoms with Crippen LogP contribution in [0.5, 0.6) is 5.75 Å². The molecule has 4 rings (SSSR count). The maximum Gasteiger partial charge on any atom is 0.324 e. The summed E-state index contributed by atoms with van der Waals surface area (Å²) in [7, 11) is 1.70. The zero-order valence-electron chi connectivity index (χ0n) is 15.9. The van der Waals surface area contributed by atoms with E-state index in [1.165, 1.54) is 12.1 Å². The van der Waals surface area contributed by atoms with E-state index in [9.17, 15) is 19.4 Å². The number of aliphatic hydroxyl groups is 1. The molecule has 2 amide bonds. The molecule has 2 N–H and O–H groups in total. The average molecular weight is 392 g/mol. The van der Waals surface area contributed by atoms with Crippen molar-refractivity contribution in [1.82, 2.24) is 4.90 Å². The Morgan fingerprint density at radius 3 is 2.55 bits per heavy atom. The number of amides is 2. The second-order valence-corrected chi connectivity index (χ2v) is 7.18. The zero-order valence-corrected chi connectivity index (χ0v) is 15.9. The first-order chi connectivity index (χ1) is 13.9. The first-order valence-electron chi connectivity index (χ1n) is 9.33. The molecule has 2 aromatic carbocycles. The number of aromatic hydroxyl groups is 1. The first kappa shape index (κ1) is 18.8. The Morgan fingerprint density at radius 2 is 1.83 bits per heavy atom. The second kappa shape index (κ2) is 7.47. The summed E-state index contributed by atoms with van der Waals surface area (Å²) in [6.07, 6.45) is 5.91. The summed E-state index contributed by atoms with van der Waals surface area (Å²) >= 11 is 0. The lowest BCUT2D eigenvalue weighted by atomic mass is 10.0. The lowest BCUT2D eigenvalue weighted by Crippen LogP contribution is -2.36. The van der Waals surface area contributed by atoms with Crippen LogP contribution in [0.2, 0.25) is 0 Å². The van der Waals surface area contributed by atoms with Crippen LogP contribution >= 0.6 is 0 Å². The number of nitrogens with zero attached hydrogens (tertiary/aromatic N) is 2. The summed E-state index contributed by atoms with van der Waals surface area (Å²) in [6, 6.07) is 12.1. The van der Waals surface area contributed by atoms with Crippen LogP contribution in [0.25, 0.3) is 5.57 Å². The number of phenolic OH excluding ortho intramolecular Hbond substituents is 1. The van der Waals surface area contributed by atoms with Crippen molar-refractivity contribution in [3.63, 3.8) is 0 Å². The van der Waals surface area contributed by atoms with E-state index < -0.39 is 6.04 Å². The number of hydrogen-bond donors (Lipinski definition) is 2. The third-order valence-corrected chi connectivity index (χ3v) is 5.25. The molecule has 29 heavy (non-hydrogen) atoms. The minimum atomic E-state index is -0.408. The Kier molecular flexibility index (Phi) is 4.84. The predicted molar refractivity (Wildman–Crippen MR) is 110 cm³/mol. The van der Waals surface area contributed by atoms with Gasteiger partial charge in [-0.2, -0.15) is 0 Å². The van der Waals surface area contributed by atoms with Crippen LogP contribution < -0.4 is 4.90 Å². The monoisotopic (exact) mass is 392 g/mol. The molecule has 6 heteroatoms. The largest absolute Gasteiger partial charge is 0.508 e. The van der Waals surface area contributed by atoms with E-state index >= 15 is 0 Å². The predicted octanol–water partition coefficient (Wildman–Crippen LogP) is 4.63. The molecule has 0 radical (unpaired) electrons. The van der Waals surface area contributed by atoms with Gasteiger partial charge >= 0.3 is 6.03 Å². The minimum Gasteiger partial charge on any atom is -0.508 e. The van der Waals surface area contributed by atoms with Crippen LogP contribution in [-0.2, 0) is 0 Å². The fraction of sp³-hybridized carbons (Fsp3) is 0.174. The first-order valence-corrected chi connectivity index (χ1v) is 9.33. The van der Waals surface area contributed by atoms with Crippen molar-refractivity contribution in [1.29, 1.82) is 0 Å². The van der Waals surface area contributed by atoms with Gasteiger partial charge < -0.3 is 15.1 Å². The van der Waals surface area contributed by atoms with Crippen molar-refractivity contribution in [2.45, 2.75) is 12.5 Å². The number of urea groups is 1. The van der Waals surface area contributed by atoms with Crippen molar-refractivity contribution in [2.75, 3.05) is 18.5 Å². The summed E-state index contributed by atoms with van der Waals surface area (Å²) in [5.74, 6) is -0.0902. The second-order valence-electron chi connectivity index (χ2n) is 7.18. The van der Waals surface area contributed by atoms with Gasteiger partial charge in [-0.25, -0.2) is 9.18 Å². The molecule has 0 saturated carbocycles. The van der Waals surface area contributed by atoms with Gasteiger partial charge in [-0.05, 0) is 60.0 Å². The Morgan fingerprint density at radius 1 is 1.07 bits per heavy atom. The topological polar surface area (TPSA) is 64.0 Å². The van der Waals surface area contributed by atoms with Gasteiger partial charge in [-0.1, -0.05) is 24.3 Å². The van der Waals surface area contributed by atoms with E-state index in [2.05, 4.69) is 0 Å². The van der Waals surface area contributed by atoms with E-state index in [0.29, 0.717) is 24.2 Å². The number of carbonyl (C=O) groups is 1. The highest BCUT2D eigenvalue weighted by molar-refractivity contribution is 5.96. The van der Waals surface area contributed by atoms with Crippen molar-refractivity contribution < 1.29 is 19.4 Å². The molecule has 1 aliphatic heterocycles. The van der Waals surface area contributed by atoms with E-state index in [1.54, 1.807) is 53.3 Å². The van der Waals surface area contributed by atoms with Gasteiger partial charge in [-0.15, -0.1) is 0 Å². The lowest BCUT2D eigenvalue weighted by Gasteiger charge is -2.25. The molecule has 1 unspecified atom stereocenters. The van der Waals surface area contributed by atoms with Crippen molar-refractivity contribution >= 4 is 17.3 Å². The van der Waals surface area contributed by atoms with Crippen LogP contribution in [0.1, 0.15) is 12.0 Å². The molecule has 1 heterocycles. The van der Waals surface area contributed by atoms with Crippen molar-refractivity contribution in [3.05, 3.63) is 89.5 Å². The number of carbonyl (C=O) groups excluding carboxylic acids is 1. The number of allylic oxidation sites excluding steroid dienone is 4. The van der Waals surface area contributed by atoms with Gasteiger partial charge in [0.15, 0.2) is 0 Å². The third-order valence-electron chi connectivity index (χ3n) is 5.25. The zero-order chi connectivity index (χ0) is 20.5. The highest BCUT2D eigenvalue weighted by Gasteiger charge is 2.39. The van der Waals surface area contributed by atoms with Crippen molar-refractivity contribution in [3.8, 4) is 5.75 Å². The highest BCUT2D eigenvalue weighted by Crippen LogP contribution is 2.33. The van der Waals surface area contributed by atoms with Gasteiger partial charge in [0.05, 0.1) is 6.04 Å². The molecule has 5 nitrogen and oxygen atoms in total. The van der Waals surface area contributed by atoms with E-state index in [4.69, 9.17) is 0 Å². The summed E-state index contributed by atoms with van der Waals surface area (Å²) < 4.78 is 13.3. The molecule has 1 saturated heterocycles. The van der Waals surface area contributed by atoms with Crippen LogP contribution in [0.4, 0.5) is 14.9 Å². The number of phenols is 1. The minimum absolute atomic E-state index is 0.108. The maximum absolute atomic E-state index is 13.3. The number of anilines is 1. The molecular weight excluding hydrogens is 371 g/mol. The van der Waals surface area contributed by atoms with Crippen LogP contribution in [-0.4, -0.2) is 40.8 Å². The standard InChI is InChI=1S/C23H21FN2O3/c1-25-14-21(26(23(25)29)18-9-7-17(24)8-10-18)20-11-5-15(6-12-22(20)28)16-3-2-4-19(27)13-16/h2-5,7-13,21,27-28H,6,14H2,1H3. The fourth-order valence-corrected chi connectivity index (χ4v) is 3.74. The van der Waals surface area contributed by atoms with Gasteiger partial charge in [-0.3, -0.25) is 4.90 Å². The van der Waals surface area contributed by atoms with Crippen LogP contribution in [0.15, 0.2) is 78.1 Å². The lowest BCUT2D eigenvalue weighted by molar-refractivity contribution is 0.229. The quantitative estimate of drug-likeness (QED) is 0.801. The van der Waals surface area contributed by atoms with E-state index in [1.807, 2.05) is 18.2 Å². The van der Waals surface area contributed by atoms with Crippen LogP contribution in [0.3, 0.4) is 0 Å². The molecule has 0 bridgehead atoms. The fourth-order valence-electron chi connectivity index (χ4n) is 3.74. The third kappa shape index (κ3) is 3.61. The molecule has 148 valence electrons. The summed E-state index contributed by atoms with van der Waals surface area (Å²) in [5, 5.41) is 20.4. The Labute approximate surface area is 168 Å². The normalized spacial score (nSPS) is 19.6. The number of benzene rings is 2. The van der Waals surface area contributed by atoms with Gasteiger partial charge in [0.1, 0.15) is 17.3 Å². The summed E-state index contributed by atoms with van der Waals surface area (Å²) in [5.41, 5.74) is 2.98. The van der Waals surface area contributed by atoms with Gasteiger partial charge in [0, 0.05) is 24.9 Å². The molecule has 2 aliphatic rings. The van der Waals surface area contributed by atoms with E-state index in [-0.39, 0.29) is 23.4 Å². The Hall–Kier alpha value is -3.54. The maximum atomic E-state index is 13.3. The van der Waals surface area contributed by atoms with E-state index in [0.717, 1.165) is 11.1 Å². The molecular formula is C23H21FN2O3. The summed E-state index contributed by atoms with van der Waals surface area (Å²) in [4.78, 5) is 15.9. The Bertz CT molecular complexity index is 1040. The smallest absolute Gasteiger partial charge is 0.324 e. The molecule has 0 spiro atoms. The molecule has 0 aromatic heterocycles. The number of likely N-dealkylation sites (N-methyl/N-ethyl adjacent to an activating group) is 1. The highest BCUT2D eigenvalue weighted by atomic mass is 19.1. The number of rotatable bonds is 3. The number of halogens is 1. The van der Waals surface area contributed by atoms with Crippen molar-refractivity contribution in [2.24, 2.45) is 0 Å². The SMILES string of the molecule is CN1CC(C2=CC=C(c3cccc(O)c3)CC=C2O)N(c2ccc(F)cc2)C1=O. The molecule has 1 aliphatic carbocycles. The summed E-state index contributed by atoms with van der Waals surface area (Å²) in [6.45, 7) is 0.398. The van der Waals surface area contributed by atoms with Gasteiger partial charge in [0.2, 0.25) is 0 Å². The molecule has 2 aromatic rings. The molecule has 1 fully saturated rings.